The minimum Gasteiger partial charge on any atom is -0.490 e. The van der Waals surface area contributed by atoms with Crippen LogP contribution in [0, 0.1) is 17.0 Å². The molecule has 1 heterocycles. The third kappa shape index (κ3) is 3.59. The summed E-state index contributed by atoms with van der Waals surface area (Å²) < 4.78 is 4.98. The Labute approximate surface area is 151 Å². The molecule has 134 valence electrons. The lowest BCUT2D eigenvalue weighted by Gasteiger charge is -2.27. The van der Waals surface area contributed by atoms with Gasteiger partial charge in [0.25, 0.3) is 5.91 Å². The van der Waals surface area contributed by atoms with Crippen molar-refractivity contribution in [2.45, 2.75) is 13.3 Å². The number of rotatable bonds is 4. The number of hydrogen-bond donors (Lipinski definition) is 0. The van der Waals surface area contributed by atoms with Crippen LogP contribution in [0.5, 0.6) is 5.75 Å². The first-order chi connectivity index (χ1) is 12.5. The van der Waals surface area contributed by atoms with Crippen LogP contribution >= 0.6 is 0 Å². The molecule has 1 amide bonds. The highest BCUT2D eigenvalue weighted by Crippen LogP contribution is 2.29. The van der Waals surface area contributed by atoms with Crippen LogP contribution in [-0.4, -0.2) is 35.9 Å². The van der Waals surface area contributed by atoms with Gasteiger partial charge in [0.05, 0.1) is 12.0 Å². The van der Waals surface area contributed by atoms with E-state index in [1.807, 2.05) is 13.0 Å². The summed E-state index contributed by atoms with van der Waals surface area (Å²) in [5, 5.41) is 11.1. The molecule has 3 rings (SSSR count). The van der Waals surface area contributed by atoms with E-state index in [0.717, 1.165) is 6.42 Å². The number of amides is 1. The Morgan fingerprint density at radius 1 is 1.19 bits per heavy atom. The molecule has 6 heteroatoms. The predicted octanol–water partition coefficient (Wildman–Crippen LogP) is 3.84. The van der Waals surface area contributed by atoms with Crippen LogP contribution in [-0.2, 0) is 0 Å². The second-order valence-electron chi connectivity index (χ2n) is 6.24. The number of benzene rings is 2. The van der Waals surface area contributed by atoms with E-state index in [0.29, 0.717) is 18.7 Å². The number of carbonyl (C=O) groups excluding carboxylic acids is 1. The van der Waals surface area contributed by atoms with Crippen LogP contribution in [0.1, 0.15) is 27.9 Å². The minimum atomic E-state index is -0.540. The molecule has 0 spiro atoms. The monoisotopic (exact) mass is 352 g/mol. The van der Waals surface area contributed by atoms with Crippen LogP contribution in [0.25, 0.3) is 5.57 Å². The van der Waals surface area contributed by atoms with Crippen LogP contribution < -0.4 is 4.74 Å². The van der Waals surface area contributed by atoms with Gasteiger partial charge in [0.2, 0.25) is 0 Å². The quantitative estimate of drug-likeness (QED) is 0.619. The van der Waals surface area contributed by atoms with E-state index in [1.165, 1.54) is 35.9 Å². The average Bonchev–Trinajstić information content (AvgIpc) is 2.67. The molecule has 0 saturated heterocycles. The first kappa shape index (κ1) is 17.7. The lowest BCUT2D eigenvalue weighted by Crippen LogP contribution is -2.34. The zero-order chi connectivity index (χ0) is 18.7. The standard InChI is InChI=1S/C20H20N2O4/c1-14-3-5-15(6-4-14)16-9-11-21(12-10-16)20(23)17-7-8-19(26-2)18(13-17)22(24)25/h3-9,13H,10-12H2,1-2H3. The molecule has 0 bridgehead atoms. The van der Waals surface area contributed by atoms with Gasteiger partial charge in [-0.15, -0.1) is 0 Å². The van der Waals surface area contributed by atoms with Gasteiger partial charge in [0.15, 0.2) is 5.75 Å². The second-order valence-corrected chi connectivity index (χ2v) is 6.24. The van der Waals surface area contributed by atoms with Crippen molar-refractivity contribution in [3.63, 3.8) is 0 Å². The Kier molecular flexibility index (Phi) is 5.02. The summed E-state index contributed by atoms with van der Waals surface area (Å²) in [6.45, 7) is 3.12. The molecule has 1 aliphatic rings. The number of nitro benzene ring substituents is 1. The summed E-state index contributed by atoms with van der Waals surface area (Å²) in [7, 11) is 1.37. The van der Waals surface area contributed by atoms with Crippen LogP contribution in [0.15, 0.2) is 48.5 Å². The Balaban J connectivity index is 1.77. The molecule has 0 atom stereocenters. The van der Waals surface area contributed by atoms with Crippen molar-refractivity contribution in [1.29, 1.82) is 0 Å². The zero-order valence-corrected chi connectivity index (χ0v) is 14.8. The topological polar surface area (TPSA) is 72.7 Å². The fourth-order valence-electron chi connectivity index (χ4n) is 3.03. The van der Waals surface area contributed by atoms with Crippen LogP contribution in [0.2, 0.25) is 0 Å². The summed E-state index contributed by atoms with van der Waals surface area (Å²) >= 11 is 0. The molecular weight excluding hydrogens is 332 g/mol. The summed E-state index contributed by atoms with van der Waals surface area (Å²) in [4.78, 5) is 25.0. The first-order valence-corrected chi connectivity index (χ1v) is 8.37. The second kappa shape index (κ2) is 7.39. The van der Waals surface area contributed by atoms with Gasteiger partial charge >= 0.3 is 5.69 Å². The zero-order valence-electron chi connectivity index (χ0n) is 14.8. The number of nitrogens with zero attached hydrogens (tertiary/aromatic N) is 2. The molecule has 1 aliphatic heterocycles. The molecule has 0 unspecified atom stereocenters. The first-order valence-electron chi connectivity index (χ1n) is 8.37. The molecule has 0 aliphatic carbocycles. The number of nitro groups is 1. The van der Waals surface area contributed by atoms with Crippen molar-refractivity contribution in [1.82, 2.24) is 4.90 Å². The van der Waals surface area contributed by atoms with Crippen molar-refractivity contribution >= 4 is 17.2 Å². The van der Waals surface area contributed by atoms with Crippen molar-refractivity contribution in [3.05, 3.63) is 75.3 Å². The lowest BCUT2D eigenvalue weighted by molar-refractivity contribution is -0.385. The maximum absolute atomic E-state index is 12.7. The van der Waals surface area contributed by atoms with Gasteiger partial charge in [0.1, 0.15) is 0 Å². The Bertz CT molecular complexity index is 872. The highest BCUT2D eigenvalue weighted by molar-refractivity contribution is 5.95. The smallest absolute Gasteiger partial charge is 0.311 e. The van der Waals surface area contributed by atoms with Gasteiger partial charge < -0.3 is 9.64 Å². The van der Waals surface area contributed by atoms with E-state index >= 15 is 0 Å². The highest BCUT2D eigenvalue weighted by atomic mass is 16.6. The fourth-order valence-corrected chi connectivity index (χ4v) is 3.03. The highest BCUT2D eigenvalue weighted by Gasteiger charge is 2.23. The average molecular weight is 352 g/mol. The summed E-state index contributed by atoms with van der Waals surface area (Å²) in [5.41, 5.74) is 3.69. The third-order valence-electron chi connectivity index (χ3n) is 4.54. The Hall–Kier alpha value is -3.15. The molecule has 0 N–H and O–H groups in total. The molecule has 2 aromatic carbocycles. The van der Waals surface area contributed by atoms with Crippen molar-refractivity contribution in [2.75, 3.05) is 20.2 Å². The van der Waals surface area contributed by atoms with Gasteiger partial charge in [-0.25, -0.2) is 0 Å². The van der Waals surface area contributed by atoms with Gasteiger partial charge in [-0.1, -0.05) is 35.9 Å². The fraction of sp³-hybridized carbons (Fsp3) is 0.250. The maximum atomic E-state index is 12.7. The molecule has 0 fully saturated rings. The summed E-state index contributed by atoms with van der Waals surface area (Å²) in [6, 6.07) is 12.6. The van der Waals surface area contributed by atoms with E-state index < -0.39 is 4.92 Å². The van der Waals surface area contributed by atoms with Crippen molar-refractivity contribution < 1.29 is 14.5 Å². The van der Waals surface area contributed by atoms with Crippen LogP contribution in [0.4, 0.5) is 5.69 Å². The Morgan fingerprint density at radius 3 is 2.50 bits per heavy atom. The lowest BCUT2D eigenvalue weighted by atomic mass is 9.98. The van der Waals surface area contributed by atoms with Gasteiger partial charge in [-0.3, -0.25) is 14.9 Å². The summed E-state index contributed by atoms with van der Waals surface area (Å²) in [6.07, 6.45) is 2.80. The third-order valence-corrected chi connectivity index (χ3v) is 4.54. The number of aryl methyl sites for hydroxylation is 1. The SMILES string of the molecule is COc1ccc(C(=O)N2CC=C(c3ccc(C)cc3)CC2)cc1[N+](=O)[O-]. The molecule has 0 saturated carbocycles. The summed E-state index contributed by atoms with van der Waals surface area (Å²) in [5.74, 6) is -0.0679. The van der Waals surface area contributed by atoms with E-state index in [-0.39, 0.29) is 17.3 Å². The number of hydrogen-bond acceptors (Lipinski definition) is 4. The largest absolute Gasteiger partial charge is 0.490 e. The van der Waals surface area contributed by atoms with E-state index in [2.05, 4.69) is 24.3 Å². The van der Waals surface area contributed by atoms with Gasteiger partial charge in [0, 0.05) is 24.7 Å². The molecule has 0 radical (unpaired) electrons. The number of carbonyl (C=O) groups is 1. The molecule has 26 heavy (non-hydrogen) atoms. The van der Waals surface area contributed by atoms with E-state index in [4.69, 9.17) is 4.74 Å². The van der Waals surface area contributed by atoms with Gasteiger partial charge in [-0.05, 0) is 36.6 Å². The maximum Gasteiger partial charge on any atom is 0.311 e. The van der Waals surface area contributed by atoms with Gasteiger partial charge in [-0.2, -0.15) is 0 Å². The molecule has 0 aromatic heterocycles. The Morgan fingerprint density at radius 2 is 1.92 bits per heavy atom. The predicted molar refractivity (Wildman–Crippen MR) is 99.3 cm³/mol. The minimum absolute atomic E-state index is 0.145. The molecule has 6 nitrogen and oxygen atoms in total. The van der Waals surface area contributed by atoms with Crippen LogP contribution in [0.3, 0.4) is 0 Å². The molecule has 2 aromatic rings. The number of ether oxygens (including phenoxy) is 1. The number of methoxy groups -OCH3 is 1. The normalized spacial score (nSPS) is 13.9. The molecular formula is C20H20N2O4. The van der Waals surface area contributed by atoms with E-state index in [9.17, 15) is 14.9 Å². The van der Waals surface area contributed by atoms with Crippen molar-refractivity contribution in [3.8, 4) is 5.75 Å². The van der Waals surface area contributed by atoms with E-state index in [1.54, 1.807) is 11.0 Å². The van der Waals surface area contributed by atoms with Crippen molar-refractivity contribution in [2.24, 2.45) is 0 Å².